The van der Waals surface area contributed by atoms with Crippen LogP contribution in [0.4, 0.5) is 0 Å². The first-order valence-electron chi connectivity index (χ1n) is 11.4. The number of nitrogens with two attached hydrogens (primary N) is 1. The Labute approximate surface area is 204 Å². The van der Waals surface area contributed by atoms with Crippen LogP contribution in [0.25, 0.3) is 28.6 Å². The molecule has 4 aromatic rings. The van der Waals surface area contributed by atoms with Crippen LogP contribution in [0.1, 0.15) is 29.2 Å². The fourth-order valence-corrected chi connectivity index (χ4v) is 4.43. The molecule has 0 fully saturated rings. The molecule has 0 spiro atoms. The summed E-state index contributed by atoms with van der Waals surface area (Å²) in [6, 6.07) is 21.1. The first kappa shape index (κ1) is 23.8. The highest BCUT2D eigenvalue weighted by Crippen LogP contribution is 2.26. The topological polar surface area (TPSA) is 53.8 Å². The Balaban J connectivity index is 1.74. The molecule has 0 saturated carbocycles. The molecule has 1 aromatic heterocycles. The van der Waals surface area contributed by atoms with Gasteiger partial charge in [-0.1, -0.05) is 67.3 Å². The van der Waals surface area contributed by atoms with E-state index >= 15 is 0 Å². The maximum atomic E-state index is 5.73. The van der Waals surface area contributed by atoms with E-state index in [1.807, 2.05) is 0 Å². The van der Waals surface area contributed by atoms with E-state index in [2.05, 4.69) is 119 Å². The Hall–Kier alpha value is -3.39. The molecule has 3 nitrogen and oxygen atoms in total. The highest BCUT2D eigenvalue weighted by molar-refractivity contribution is 7.27. The maximum absolute atomic E-state index is 5.73. The van der Waals surface area contributed by atoms with Crippen LogP contribution in [0.5, 0.6) is 0 Å². The van der Waals surface area contributed by atoms with Crippen molar-refractivity contribution in [3.63, 3.8) is 0 Å². The Morgan fingerprint density at radius 2 is 1.79 bits per heavy atom. The van der Waals surface area contributed by atoms with Gasteiger partial charge in [0.2, 0.25) is 0 Å². The van der Waals surface area contributed by atoms with Gasteiger partial charge in [-0.3, -0.25) is 0 Å². The Morgan fingerprint density at radius 3 is 2.50 bits per heavy atom. The van der Waals surface area contributed by atoms with Gasteiger partial charge in [0.1, 0.15) is 0 Å². The van der Waals surface area contributed by atoms with Crippen molar-refractivity contribution >= 4 is 43.2 Å². The van der Waals surface area contributed by atoms with E-state index in [1.54, 1.807) is 0 Å². The van der Waals surface area contributed by atoms with Crippen LogP contribution in [0, 0.1) is 6.92 Å². The highest BCUT2D eigenvalue weighted by atomic mass is 31.0. The average molecular weight is 466 g/mol. The molecule has 0 aliphatic rings. The molecule has 0 aliphatic carbocycles. The number of benzene rings is 3. The van der Waals surface area contributed by atoms with Crippen molar-refractivity contribution in [3.8, 4) is 0 Å². The lowest BCUT2D eigenvalue weighted by Gasteiger charge is -2.13. The zero-order valence-electron chi connectivity index (χ0n) is 19.9. The van der Waals surface area contributed by atoms with Crippen LogP contribution in [-0.2, 0) is 13.1 Å². The quantitative estimate of drug-likeness (QED) is 0.354. The molecule has 0 radical (unpaired) electrons. The second-order valence-electron chi connectivity index (χ2n) is 8.76. The van der Waals surface area contributed by atoms with Crippen molar-refractivity contribution in [1.82, 2.24) is 10.3 Å². The number of aryl methyl sites for hydroxylation is 1. The summed E-state index contributed by atoms with van der Waals surface area (Å²) in [4.78, 5) is 3.39. The van der Waals surface area contributed by atoms with E-state index in [-0.39, 0.29) is 0 Å². The number of hydrogen-bond donors (Lipinski definition) is 3. The third-order valence-corrected chi connectivity index (χ3v) is 6.49. The van der Waals surface area contributed by atoms with Crippen molar-refractivity contribution in [1.29, 1.82) is 0 Å². The second kappa shape index (κ2) is 10.3. The van der Waals surface area contributed by atoms with E-state index in [1.165, 1.54) is 22.1 Å². The minimum absolute atomic E-state index is 0.550. The normalized spacial score (nSPS) is 12.6. The van der Waals surface area contributed by atoms with Crippen molar-refractivity contribution in [2.75, 3.05) is 0 Å². The molecule has 3 aromatic carbocycles. The summed E-state index contributed by atoms with van der Waals surface area (Å²) in [5.41, 5.74) is 14.6. The number of nitrogens with one attached hydrogen (secondary N) is 2. The molecule has 1 atom stereocenters. The molecular formula is C30H32N3P. The van der Waals surface area contributed by atoms with Gasteiger partial charge in [-0.15, -0.1) is 9.24 Å². The molecule has 1 heterocycles. The highest BCUT2D eigenvalue weighted by Gasteiger charge is 2.09. The Bertz CT molecular complexity index is 1490. The first-order chi connectivity index (χ1) is 16.4. The SMILES string of the molecule is C=C(NCc1ccc(CN)cc1)C(/C=C(\C)c1c[nH]c2ccc(P)cc12)=c1\ccc(C)cc1=C. The lowest BCUT2D eigenvalue weighted by atomic mass is 9.99. The molecule has 4 heteroatoms. The van der Waals surface area contributed by atoms with Crippen molar-refractivity contribution in [2.45, 2.75) is 26.9 Å². The van der Waals surface area contributed by atoms with Crippen LogP contribution >= 0.6 is 9.24 Å². The zero-order valence-corrected chi connectivity index (χ0v) is 21.1. The van der Waals surface area contributed by atoms with Crippen LogP contribution in [0.15, 0.2) is 85.2 Å². The Morgan fingerprint density at radius 1 is 1.06 bits per heavy atom. The van der Waals surface area contributed by atoms with Crippen LogP contribution in [0.2, 0.25) is 0 Å². The van der Waals surface area contributed by atoms with Crippen LogP contribution < -0.4 is 26.8 Å². The van der Waals surface area contributed by atoms with Gasteiger partial charge in [0.25, 0.3) is 0 Å². The maximum Gasteiger partial charge on any atom is 0.0460 e. The minimum Gasteiger partial charge on any atom is -0.381 e. The lowest BCUT2D eigenvalue weighted by Crippen LogP contribution is -2.28. The first-order valence-corrected chi connectivity index (χ1v) is 12.0. The third-order valence-electron chi connectivity index (χ3n) is 6.13. The molecule has 0 amide bonds. The van der Waals surface area contributed by atoms with Gasteiger partial charge in [0.15, 0.2) is 0 Å². The largest absolute Gasteiger partial charge is 0.381 e. The van der Waals surface area contributed by atoms with E-state index in [4.69, 9.17) is 5.73 Å². The molecule has 0 saturated heterocycles. The molecule has 34 heavy (non-hydrogen) atoms. The average Bonchev–Trinajstić information content (AvgIpc) is 3.25. The summed E-state index contributed by atoms with van der Waals surface area (Å²) in [6.07, 6.45) is 4.29. The molecule has 0 bridgehead atoms. The van der Waals surface area contributed by atoms with Crippen molar-refractivity contribution in [3.05, 3.63) is 118 Å². The summed E-state index contributed by atoms with van der Waals surface area (Å²) in [6.45, 7) is 14.2. The molecule has 1 unspecified atom stereocenters. The smallest absolute Gasteiger partial charge is 0.0460 e. The Kier molecular flexibility index (Phi) is 7.17. The van der Waals surface area contributed by atoms with Gasteiger partial charge < -0.3 is 16.0 Å². The van der Waals surface area contributed by atoms with Gasteiger partial charge in [-0.05, 0) is 64.5 Å². The molecule has 0 aliphatic heterocycles. The van der Waals surface area contributed by atoms with Crippen LogP contribution in [0.3, 0.4) is 0 Å². The predicted molar refractivity (Wildman–Crippen MR) is 151 cm³/mol. The second-order valence-corrected chi connectivity index (χ2v) is 9.43. The molecular weight excluding hydrogens is 433 g/mol. The number of rotatable bonds is 7. The monoisotopic (exact) mass is 465 g/mol. The van der Waals surface area contributed by atoms with Gasteiger partial charge in [0.05, 0.1) is 0 Å². The van der Waals surface area contributed by atoms with E-state index in [0.717, 1.165) is 43.7 Å². The third kappa shape index (κ3) is 5.22. The summed E-state index contributed by atoms with van der Waals surface area (Å²) in [7, 11) is 2.78. The minimum atomic E-state index is 0.550. The number of fused-ring (bicyclic) bond motifs is 1. The van der Waals surface area contributed by atoms with Crippen molar-refractivity contribution in [2.24, 2.45) is 5.73 Å². The summed E-state index contributed by atoms with van der Waals surface area (Å²) < 4.78 is 0. The molecule has 172 valence electrons. The van der Waals surface area contributed by atoms with Crippen LogP contribution in [-0.4, -0.2) is 4.98 Å². The van der Waals surface area contributed by atoms with Crippen molar-refractivity contribution < 1.29 is 0 Å². The molecule has 4 N–H and O–H groups in total. The number of hydrogen-bond acceptors (Lipinski definition) is 2. The van der Waals surface area contributed by atoms with E-state index < -0.39 is 0 Å². The number of aromatic amines is 1. The summed E-state index contributed by atoms with van der Waals surface area (Å²) in [5.74, 6) is 0. The predicted octanol–water partition coefficient (Wildman–Crippen LogP) is 4.40. The zero-order chi connectivity index (χ0) is 24.2. The van der Waals surface area contributed by atoms with Gasteiger partial charge in [-0.2, -0.15) is 0 Å². The number of allylic oxidation sites excluding steroid dienone is 2. The van der Waals surface area contributed by atoms with Gasteiger partial charge in [-0.25, -0.2) is 0 Å². The standard InChI is InChI=1S/C30H32N3P/c1-19-5-11-26(20(2)13-19)27(22(4)32-17-24-8-6-23(16-31)7-9-24)14-21(3)29-18-33-30-12-10-25(34)15-28(29)30/h5-15,18,32-33H,2,4,16-17,31,34H2,1,3H3/b21-14+,27-26+. The summed E-state index contributed by atoms with van der Waals surface area (Å²) >= 11 is 0. The fourth-order valence-electron chi connectivity index (χ4n) is 4.17. The fraction of sp³-hybridized carbons (Fsp3) is 0.133. The number of aromatic nitrogens is 1. The van der Waals surface area contributed by atoms with Gasteiger partial charge in [0, 0.05) is 47.0 Å². The van der Waals surface area contributed by atoms with E-state index in [9.17, 15) is 0 Å². The number of H-pyrrole nitrogens is 1. The van der Waals surface area contributed by atoms with Gasteiger partial charge >= 0.3 is 0 Å². The van der Waals surface area contributed by atoms with E-state index in [0.29, 0.717) is 13.1 Å². The summed E-state index contributed by atoms with van der Waals surface area (Å²) in [5, 5.41) is 7.96. The molecule has 4 rings (SSSR count). The lowest BCUT2D eigenvalue weighted by molar-refractivity contribution is 0.840.